The molecular formula is C14H24N4O2S. The van der Waals surface area contributed by atoms with E-state index in [0.717, 1.165) is 32.2 Å². The molecule has 21 heavy (non-hydrogen) atoms. The Morgan fingerprint density at radius 3 is 2.95 bits per heavy atom. The molecule has 2 rings (SSSR count). The third-order valence-electron chi connectivity index (χ3n) is 3.91. The number of piperidine rings is 1. The van der Waals surface area contributed by atoms with Crippen molar-refractivity contribution in [1.29, 1.82) is 0 Å². The first-order valence-electron chi connectivity index (χ1n) is 7.74. The molecule has 1 aromatic rings. The Bertz CT molecular complexity index is 525. The van der Waals surface area contributed by atoms with Crippen molar-refractivity contribution in [2.45, 2.75) is 63.7 Å². The lowest BCUT2D eigenvalue weighted by molar-refractivity contribution is -0.132. The summed E-state index contributed by atoms with van der Waals surface area (Å²) in [4.78, 5) is 26.0. The molecule has 118 valence electrons. The van der Waals surface area contributed by atoms with E-state index < -0.39 is 0 Å². The molecule has 0 bridgehead atoms. The van der Waals surface area contributed by atoms with E-state index >= 15 is 0 Å². The first-order valence-corrected chi connectivity index (χ1v) is 8.73. The van der Waals surface area contributed by atoms with Crippen molar-refractivity contribution in [3.05, 3.63) is 10.5 Å². The Hall–Kier alpha value is -1.24. The van der Waals surface area contributed by atoms with Crippen LogP contribution >= 0.6 is 11.8 Å². The number of hydrogen-bond donors (Lipinski definition) is 1. The Morgan fingerprint density at radius 1 is 1.43 bits per heavy atom. The van der Waals surface area contributed by atoms with E-state index in [1.165, 1.54) is 18.2 Å². The summed E-state index contributed by atoms with van der Waals surface area (Å²) in [6.45, 7) is 5.64. The van der Waals surface area contributed by atoms with Crippen LogP contribution in [0.15, 0.2) is 9.95 Å². The Labute approximate surface area is 129 Å². The lowest BCUT2D eigenvalue weighted by atomic mass is 10.0. The van der Waals surface area contributed by atoms with E-state index in [0.29, 0.717) is 23.5 Å². The van der Waals surface area contributed by atoms with Gasteiger partial charge in [-0.25, -0.2) is 9.89 Å². The maximum atomic E-state index is 12.4. The van der Waals surface area contributed by atoms with Gasteiger partial charge in [-0.05, 0) is 32.1 Å². The largest absolute Gasteiger partial charge is 0.343 e. The quantitative estimate of drug-likeness (QED) is 0.814. The molecule has 0 unspecified atom stereocenters. The molecule has 1 amide bonds. The van der Waals surface area contributed by atoms with Gasteiger partial charge in [0.15, 0.2) is 5.16 Å². The van der Waals surface area contributed by atoms with Crippen molar-refractivity contribution < 1.29 is 4.79 Å². The molecular weight excluding hydrogens is 288 g/mol. The number of amides is 1. The number of hydrogen-bond acceptors (Lipinski definition) is 4. The van der Waals surface area contributed by atoms with Crippen molar-refractivity contribution in [2.75, 3.05) is 12.3 Å². The second kappa shape index (κ2) is 7.68. The number of rotatable bonds is 6. The highest BCUT2D eigenvalue weighted by Crippen LogP contribution is 2.22. The number of nitrogens with zero attached hydrogens (tertiary/aromatic N) is 3. The van der Waals surface area contributed by atoms with Gasteiger partial charge < -0.3 is 4.90 Å². The summed E-state index contributed by atoms with van der Waals surface area (Å²) >= 11 is 1.35. The van der Waals surface area contributed by atoms with Crippen LogP contribution in [0.2, 0.25) is 0 Å². The number of aromatic nitrogens is 3. The number of likely N-dealkylation sites (tertiary alicyclic amines) is 1. The van der Waals surface area contributed by atoms with Gasteiger partial charge in [0, 0.05) is 19.1 Å². The summed E-state index contributed by atoms with van der Waals surface area (Å²) in [6.07, 6.45) is 5.29. The number of thioether (sulfide) groups is 1. The van der Waals surface area contributed by atoms with E-state index in [1.807, 2.05) is 11.8 Å². The smallest absolute Gasteiger partial charge is 0.339 e. The zero-order valence-electron chi connectivity index (χ0n) is 12.8. The monoisotopic (exact) mass is 312 g/mol. The topological polar surface area (TPSA) is 71.0 Å². The number of carbonyl (C=O) groups excluding carboxylic acids is 1. The third-order valence-corrected chi connectivity index (χ3v) is 4.88. The lowest BCUT2D eigenvalue weighted by Gasteiger charge is -2.35. The second-order valence-corrected chi connectivity index (χ2v) is 6.34. The van der Waals surface area contributed by atoms with E-state index in [4.69, 9.17) is 0 Å². The summed E-state index contributed by atoms with van der Waals surface area (Å²) < 4.78 is 1.60. The van der Waals surface area contributed by atoms with Crippen LogP contribution in [0.5, 0.6) is 0 Å². The average molecular weight is 312 g/mol. The molecule has 1 fully saturated rings. The summed E-state index contributed by atoms with van der Waals surface area (Å²) in [7, 11) is 0. The summed E-state index contributed by atoms with van der Waals surface area (Å²) in [5.74, 6) is 0.509. The van der Waals surface area contributed by atoms with Crippen LogP contribution in [0.25, 0.3) is 0 Å². The van der Waals surface area contributed by atoms with Crippen molar-refractivity contribution in [3.63, 3.8) is 0 Å². The second-order valence-electron chi connectivity index (χ2n) is 5.40. The molecule has 0 spiro atoms. The maximum Gasteiger partial charge on any atom is 0.343 e. The summed E-state index contributed by atoms with van der Waals surface area (Å²) in [5, 5.41) is 7.08. The zero-order chi connectivity index (χ0) is 15.2. The molecule has 1 N–H and O–H groups in total. The standard InChI is InChI=1S/C14H24N4O2S/c1-3-8-18-13(20)15-16-14(18)21-10-12(19)17-9-6-5-7-11(17)4-2/h11H,3-10H2,1-2H3,(H,15,20)/t11-/m1/s1. The molecule has 0 radical (unpaired) electrons. The minimum absolute atomic E-state index is 0.157. The number of aromatic amines is 1. The number of nitrogens with one attached hydrogen (secondary N) is 1. The van der Waals surface area contributed by atoms with Crippen LogP contribution in [-0.2, 0) is 11.3 Å². The number of H-pyrrole nitrogens is 1. The van der Waals surface area contributed by atoms with E-state index in [1.54, 1.807) is 4.57 Å². The minimum atomic E-state index is -0.198. The predicted octanol–water partition coefficient (Wildman–Crippen LogP) is 1.86. The highest BCUT2D eigenvalue weighted by atomic mass is 32.2. The van der Waals surface area contributed by atoms with Gasteiger partial charge in [0.05, 0.1) is 5.75 Å². The van der Waals surface area contributed by atoms with Crippen molar-refractivity contribution in [1.82, 2.24) is 19.7 Å². The number of carbonyl (C=O) groups is 1. The SMILES string of the molecule is CCCn1c(SCC(=O)N2CCCC[C@H]2CC)n[nH]c1=O. The molecule has 2 heterocycles. The van der Waals surface area contributed by atoms with E-state index in [-0.39, 0.29) is 11.6 Å². The molecule has 0 aliphatic carbocycles. The van der Waals surface area contributed by atoms with Crippen LogP contribution in [0.1, 0.15) is 46.0 Å². The normalized spacial score (nSPS) is 19.0. The fourth-order valence-electron chi connectivity index (χ4n) is 2.80. The van der Waals surface area contributed by atoms with Crippen LogP contribution in [0.3, 0.4) is 0 Å². The van der Waals surface area contributed by atoms with Gasteiger partial charge in [-0.1, -0.05) is 25.6 Å². The third kappa shape index (κ3) is 3.90. The van der Waals surface area contributed by atoms with Crippen molar-refractivity contribution in [2.24, 2.45) is 0 Å². The van der Waals surface area contributed by atoms with E-state index in [9.17, 15) is 9.59 Å². The molecule has 1 atom stereocenters. The molecule has 7 heteroatoms. The minimum Gasteiger partial charge on any atom is -0.339 e. The molecule has 1 aliphatic rings. The van der Waals surface area contributed by atoms with Gasteiger partial charge in [0.1, 0.15) is 0 Å². The van der Waals surface area contributed by atoms with Gasteiger partial charge in [0.2, 0.25) is 5.91 Å². The molecule has 6 nitrogen and oxygen atoms in total. The van der Waals surface area contributed by atoms with Crippen LogP contribution in [-0.4, -0.2) is 43.9 Å². The van der Waals surface area contributed by atoms with Gasteiger partial charge in [0.25, 0.3) is 0 Å². The predicted molar refractivity (Wildman–Crippen MR) is 83.5 cm³/mol. The van der Waals surface area contributed by atoms with Gasteiger partial charge >= 0.3 is 5.69 Å². The van der Waals surface area contributed by atoms with Crippen LogP contribution < -0.4 is 5.69 Å². The maximum absolute atomic E-state index is 12.4. The Balaban J connectivity index is 1.96. The highest BCUT2D eigenvalue weighted by Gasteiger charge is 2.25. The van der Waals surface area contributed by atoms with E-state index in [2.05, 4.69) is 17.1 Å². The Kier molecular flexibility index (Phi) is 5.90. The van der Waals surface area contributed by atoms with Gasteiger partial charge in [-0.15, -0.1) is 5.10 Å². The fourth-order valence-corrected chi connectivity index (χ4v) is 3.66. The van der Waals surface area contributed by atoms with Gasteiger partial charge in [-0.2, -0.15) is 0 Å². The molecule has 1 saturated heterocycles. The first-order chi connectivity index (χ1) is 10.2. The van der Waals surface area contributed by atoms with Crippen molar-refractivity contribution in [3.8, 4) is 0 Å². The summed E-state index contributed by atoms with van der Waals surface area (Å²) in [6, 6.07) is 0.379. The molecule has 0 aromatic carbocycles. The Morgan fingerprint density at radius 2 is 2.24 bits per heavy atom. The van der Waals surface area contributed by atoms with Gasteiger partial charge in [-0.3, -0.25) is 9.36 Å². The first kappa shape index (κ1) is 16.1. The molecule has 1 aliphatic heterocycles. The fraction of sp³-hybridized carbons (Fsp3) is 0.786. The average Bonchev–Trinajstić information content (AvgIpc) is 2.86. The lowest BCUT2D eigenvalue weighted by Crippen LogP contribution is -2.44. The molecule has 1 aromatic heterocycles. The zero-order valence-corrected chi connectivity index (χ0v) is 13.6. The van der Waals surface area contributed by atoms with Crippen molar-refractivity contribution >= 4 is 17.7 Å². The van der Waals surface area contributed by atoms with Crippen LogP contribution in [0.4, 0.5) is 0 Å². The van der Waals surface area contributed by atoms with Crippen LogP contribution in [0, 0.1) is 0 Å². The highest BCUT2D eigenvalue weighted by molar-refractivity contribution is 7.99. The molecule has 0 saturated carbocycles. The summed E-state index contributed by atoms with van der Waals surface area (Å²) in [5.41, 5.74) is -0.198.